The van der Waals surface area contributed by atoms with E-state index in [1.165, 1.54) is 38.9 Å². The Morgan fingerprint density at radius 2 is 1.88 bits per heavy atom. The number of hydrogen-bond acceptors (Lipinski definition) is 2. The summed E-state index contributed by atoms with van der Waals surface area (Å²) in [6.07, 6.45) is 9.93. The molecule has 3 aromatic carbocycles. The van der Waals surface area contributed by atoms with Crippen LogP contribution in [0.25, 0.3) is 16.8 Å². The predicted octanol–water partition coefficient (Wildman–Crippen LogP) is 7.41. The zero-order chi connectivity index (χ0) is 23.4. The minimum atomic E-state index is -0.104. The van der Waals surface area contributed by atoms with Crippen LogP contribution >= 0.6 is 0 Å². The highest BCUT2D eigenvalue weighted by molar-refractivity contribution is 6.07. The first kappa shape index (κ1) is 21.0. The van der Waals surface area contributed by atoms with Crippen LogP contribution in [0.2, 0.25) is 0 Å². The summed E-state index contributed by atoms with van der Waals surface area (Å²) in [5.74, 6) is 1.92. The van der Waals surface area contributed by atoms with Gasteiger partial charge in [0, 0.05) is 29.3 Å². The number of phenolic OH excluding ortho intramolecular Hbond substituents is 1. The van der Waals surface area contributed by atoms with Gasteiger partial charge in [0.15, 0.2) is 5.71 Å². The first-order chi connectivity index (χ1) is 16.5. The van der Waals surface area contributed by atoms with Crippen molar-refractivity contribution < 1.29 is 14.4 Å². The normalized spacial score (nSPS) is 18.6. The molecule has 3 aromatic rings. The van der Waals surface area contributed by atoms with Crippen molar-refractivity contribution in [2.45, 2.75) is 45.4 Å². The molecule has 0 aromatic heterocycles. The van der Waals surface area contributed by atoms with Gasteiger partial charge in [0.2, 0.25) is 5.69 Å². The molecule has 0 fully saturated rings. The van der Waals surface area contributed by atoms with E-state index in [0.717, 1.165) is 42.9 Å². The number of aromatic hydroxyl groups is 1. The second kappa shape index (κ2) is 7.73. The lowest BCUT2D eigenvalue weighted by Crippen LogP contribution is -2.28. The molecule has 2 aliphatic heterocycles. The number of phenols is 1. The summed E-state index contributed by atoms with van der Waals surface area (Å²) in [5, 5.41) is 12.6. The molecule has 170 valence electrons. The van der Waals surface area contributed by atoms with E-state index < -0.39 is 0 Å². The van der Waals surface area contributed by atoms with Crippen LogP contribution in [-0.4, -0.2) is 21.9 Å². The molecule has 0 atom stereocenters. The van der Waals surface area contributed by atoms with Gasteiger partial charge in [-0.25, -0.2) is 0 Å². The summed E-state index contributed by atoms with van der Waals surface area (Å²) >= 11 is 0. The maximum atomic E-state index is 9.93. The third-order valence-electron chi connectivity index (χ3n) is 7.53. The molecule has 0 radical (unpaired) electrons. The lowest BCUT2D eigenvalue weighted by Gasteiger charge is -2.26. The molecule has 0 amide bonds. The van der Waals surface area contributed by atoms with Crippen LogP contribution in [0.15, 0.2) is 83.7 Å². The van der Waals surface area contributed by atoms with Gasteiger partial charge >= 0.3 is 0 Å². The Kier molecular flexibility index (Phi) is 4.77. The summed E-state index contributed by atoms with van der Waals surface area (Å²) in [7, 11) is 0. The quantitative estimate of drug-likeness (QED) is 0.423. The highest BCUT2D eigenvalue weighted by Crippen LogP contribution is 2.45. The Labute approximate surface area is 201 Å². The van der Waals surface area contributed by atoms with Gasteiger partial charge in [-0.15, -0.1) is 0 Å². The molecule has 3 heteroatoms. The van der Waals surface area contributed by atoms with Crippen molar-refractivity contribution in [2.75, 3.05) is 6.54 Å². The summed E-state index contributed by atoms with van der Waals surface area (Å²) in [6.45, 7) is 7.83. The van der Waals surface area contributed by atoms with Gasteiger partial charge in [-0.2, -0.15) is 4.58 Å². The largest absolute Gasteiger partial charge is 0.508 e. The van der Waals surface area contributed by atoms with Crippen LogP contribution in [0.1, 0.15) is 51.2 Å². The highest BCUT2D eigenvalue weighted by atomic mass is 16.5. The molecule has 2 heterocycles. The zero-order valence-corrected chi connectivity index (χ0v) is 20.1. The van der Waals surface area contributed by atoms with E-state index in [1.54, 1.807) is 12.1 Å². The van der Waals surface area contributed by atoms with Crippen molar-refractivity contribution in [2.24, 2.45) is 0 Å². The third-order valence-corrected chi connectivity index (χ3v) is 7.53. The second-order valence-corrected chi connectivity index (χ2v) is 9.97. The molecule has 0 saturated carbocycles. The van der Waals surface area contributed by atoms with E-state index >= 15 is 0 Å². The number of fused-ring (bicyclic) bond motifs is 5. The van der Waals surface area contributed by atoms with E-state index in [0.29, 0.717) is 0 Å². The maximum absolute atomic E-state index is 9.93. The van der Waals surface area contributed by atoms with E-state index in [-0.39, 0.29) is 11.2 Å². The SMILES string of the molecule is CC[N+]1=C(C=CC2=C3Oc4cc(O)ccc4C=C3CCC2)C(C)(C)c2c1ccc1ccccc21. The number of nitrogens with zero attached hydrogens (tertiary/aromatic N) is 1. The molecular weight excluding hydrogens is 418 g/mol. The Morgan fingerprint density at radius 1 is 1.03 bits per heavy atom. The summed E-state index contributed by atoms with van der Waals surface area (Å²) < 4.78 is 8.80. The minimum absolute atomic E-state index is 0.104. The minimum Gasteiger partial charge on any atom is -0.508 e. The van der Waals surface area contributed by atoms with Crippen LogP contribution in [0.3, 0.4) is 0 Å². The number of benzene rings is 3. The summed E-state index contributed by atoms with van der Waals surface area (Å²) in [6, 6.07) is 18.6. The van der Waals surface area contributed by atoms with Crippen LogP contribution in [0.4, 0.5) is 5.69 Å². The van der Waals surface area contributed by atoms with Gasteiger partial charge in [-0.3, -0.25) is 0 Å². The van der Waals surface area contributed by atoms with E-state index in [9.17, 15) is 5.11 Å². The van der Waals surface area contributed by atoms with Gasteiger partial charge in [0.05, 0.1) is 5.41 Å². The topological polar surface area (TPSA) is 32.5 Å². The standard InChI is InChI=1S/C31H29NO2/c1-4-32-26-16-13-20-8-5-6-11-25(20)29(26)31(2,3)28(32)17-14-21-9-7-10-23-18-22-12-15-24(33)19-27(22)34-30(21)23/h5-6,8,11-19H,4,7,9-10H2,1-3H3/p+1. The van der Waals surface area contributed by atoms with Gasteiger partial charge < -0.3 is 9.84 Å². The predicted molar refractivity (Wildman–Crippen MR) is 139 cm³/mol. The fourth-order valence-electron chi connectivity index (χ4n) is 5.91. The molecular formula is C31H30NO2+. The average Bonchev–Trinajstić information content (AvgIpc) is 3.07. The van der Waals surface area contributed by atoms with Crippen molar-refractivity contribution in [1.82, 2.24) is 0 Å². The van der Waals surface area contributed by atoms with Gasteiger partial charge in [0.1, 0.15) is 23.8 Å². The third kappa shape index (κ3) is 3.14. The Hall–Kier alpha value is -3.59. The molecule has 1 N–H and O–H groups in total. The first-order valence-corrected chi connectivity index (χ1v) is 12.3. The van der Waals surface area contributed by atoms with E-state index in [1.807, 2.05) is 6.07 Å². The van der Waals surface area contributed by atoms with Crippen molar-refractivity contribution >= 4 is 28.2 Å². The van der Waals surface area contributed by atoms with Crippen LogP contribution in [0, 0.1) is 0 Å². The summed E-state index contributed by atoms with van der Waals surface area (Å²) in [4.78, 5) is 0. The zero-order valence-electron chi connectivity index (χ0n) is 20.1. The van der Waals surface area contributed by atoms with Crippen molar-refractivity contribution in [3.8, 4) is 11.5 Å². The number of rotatable bonds is 3. The van der Waals surface area contributed by atoms with Gasteiger partial charge in [-0.05, 0) is 92.3 Å². The first-order valence-electron chi connectivity index (χ1n) is 12.3. The lowest BCUT2D eigenvalue weighted by atomic mass is 9.78. The molecule has 1 aliphatic carbocycles. The molecule has 3 aliphatic rings. The van der Waals surface area contributed by atoms with Gasteiger partial charge in [-0.1, -0.05) is 24.3 Å². The van der Waals surface area contributed by atoms with Gasteiger partial charge in [0.25, 0.3) is 0 Å². The number of hydrogen-bond donors (Lipinski definition) is 1. The van der Waals surface area contributed by atoms with Crippen LogP contribution in [0.5, 0.6) is 11.5 Å². The maximum Gasteiger partial charge on any atom is 0.210 e. The molecule has 0 spiro atoms. The van der Waals surface area contributed by atoms with Crippen molar-refractivity contribution in [3.05, 3.63) is 94.8 Å². The molecule has 0 bridgehead atoms. The monoisotopic (exact) mass is 448 g/mol. The van der Waals surface area contributed by atoms with Crippen molar-refractivity contribution in [1.29, 1.82) is 0 Å². The van der Waals surface area contributed by atoms with Crippen molar-refractivity contribution in [3.63, 3.8) is 0 Å². The molecule has 3 nitrogen and oxygen atoms in total. The van der Waals surface area contributed by atoms with Crippen LogP contribution < -0.4 is 4.74 Å². The molecule has 34 heavy (non-hydrogen) atoms. The Balaban J connectivity index is 1.44. The molecule has 0 unspecified atom stereocenters. The smallest absolute Gasteiger partial charge is 0.210 e. The highest BCUT2D eigenvalue weighted by Gasteiger charge is 2.45. The number of allylic oxidation sites excluding steroid dienone is 4. The molecule has 6 rings (SSSR count). The second-order valence-electron chi connectivity index (χ2n) is 9.97. The summed E-state index contributed by atoms with van der Waals surface area (Å²) in [5.41, 5.74) is 7.45. The Bertz CT molecular complexity index is 1470. The lowest BCUT2D eigenvalue weighted by molar-refractivity contribution is -0.433. The molecule has 0 saturated heterocycles. The van der Waals surface area contributed by atoms with E-state index in [2.05, 4.69) is 80.0 Å². The fraction of sp³-hybridized carbons (Fsp3) is 0.258. The fourth-order valence-corrected chi connectivity index (χ4v) is 5.91. The van der Waals surface area contributed by atoms with Crippen LogP contribution in [-0.2, 0) is 5.41 Å². The average molecular weight is 449 g/mol. The van der Waals surface area contributed by atoms with E-state index in [4.69, 9.17) is 4.74 Å². The Morgan fingerprint density at radius 3 is 2.74 bits per heavy atom. The number of ether oxygens (including phenoxy) is 1.